The van der Waals surface area contributed by atoms with Gasteiger partial charge < -0.3 is 16.2 Å². The topological polar surface area (TPSA) is 75.3 Å². The van der Waals surface area contributed by atoms with E-state index in [2.05, 4.69) is 11.2 Å². The van der Waals surface area contributed by atoms with Crippen LogP contribution in [0.1, 0.15) is 22.6 Å². The number of nitrogens with two attached hydrogens (primary N) is 1. The number of carbonyl (C=O) groups excluding carboxylic acids is 1. The third kappa shape index (κ3) is 3.52. The Morgan fingerprint density at radius 2 is 1.65 bits per heavy atom. The minimum Gasteiger partial charge on any atom is -0.508 e. The Morgan fingerprint density at radius 3 is 2.23 bits per heavy atom. The number of nitrogens with one attached hydrogen (secondary N) is 1. The molecule has 26 heavy (non-hydrogen) atoms. The van der Waals surface area contributed by atoms with Gasteiger partial charge in [0.1, 0.15) is 5.75 Å². The van der Waals surface area contributed by atoms with Crippen LogP contribution in [0.5, 0.6) is 5.75 Å². The summed E-state index contributed by atoms with van der Waals surface area (Å²) >= 11 is 0. The molecule has 128 valence electrons. The summed E-state index contributed by atoms with van der Waals surface area (Å²) in [5.41, 5.74) is 9.30. The molecule has 4 nitrogen and oxygen atoms in total. The maximum Gasteiger partial charge on any atom is 0.236 e. The van der Waals surface area contributed by atoms with Gasteiger partial charge >= 0.3 is 0 Å². The standard InChI is InChI=1S/C16H11NO2.C6H7N/c1-2-10-4-3-5-13-14(16(19)17-15(10)13)11-6-8-12(18)9-7-11;7-6-4-2-1-3-5-6/h1,3-9,14,18H,(H,17,19);1-5H,7H2. The Morgan fingerprint density at radius 1 is 0.962 bits per heavy atom. The molecule has 3 aromatic rings. The van der Waals surface area contributed by atoms with Crippen LogP contribution in [-0.2, 0) is 4.79 Å². The van der Waals surface area contributed by atoms with Gasteiger partial charge in [-0.15, -0.1) is 6.42 Å². The average molecular weight is 342 g/mol. The fourth-order valence-corrected chi connectivity index (χ4v) is 2.86. The molecule has 0 aliphatic carbocycles. The summed E-state index contributed by atoms with van der Waals surface area (Å²) in [4.78, 5) is 12.1. The highest BCUT2D eigenvalue weighted by atomic mass is 16.3. The number of terminal acetylenes is 1. The fourth-order valence-electron chi connectivity index (χ4n) is 2.86. The van der Waals surface area contributed by atoms with Crippen LogP contribution in [-0.4, -0.2) is 11.0 Å². The van der Waals surface area contributed by atoms with Crippen LogP contribution >= 0.6 is 0 Å². The molecule has 1 unspecified atom stereocenters. The first-order valence-corrected chi connectivity index (χ1v) is 8.10. The Labute approximate surface area is 152 Å². The largest absolute Gasteiger partial charge is 0.508 e. The summed E-state index contributed by atoms with van der Waals surface area (Å²) < 4.78 is 0. The highest BCUT2D eigenvalue weighted by molar-refractivity contribution is 6.06. The fraction of sp³-hybridized carbons (Fsp3) is 0.0455. The summed E-state index contributed by atoms with van der Waals surface area (Å²) in [5, 5.41) is 12.2. The minimum absolute atomic E-state index is 0.0941. The number of nitrogen functional groups attached to an aromatic ring is 1. The van der Waals surface area contributed by atoms with Crippen molar-refractivity contribution in [3.63, 3.8) is 0 Å². The lowest BCUT2D eigenvalue weighted by atomic mass is 9.91. The molecule has 0 saturated carbocycles. The van der Waals surface area contributed by atoms with Crippen LogP contribution in [0.3, 0.4) is 0 Å². The smallest absolute Gasteiger partial charge is 0.236 e. The monoisotopic (exact) mass is 342 g/mol. The van der Waals surface area contributed by atoms with Crippen LogP contribution in [0.25, 0.3) is 0 Å². The number of fused-ring (bicyclic) bond motifs is 1. The first kappa shape index (κ1) is 17.1. The van der Waals surface area contributed by atoms with Crippen LogP contribution in [0.2, 0.25) is 0 Å². The van der Waals surface area contributed by atoms with Crippen molar-refractivity contribution in [2.45, 2.75) is 5.92 Å². The van der Waals surface area contributed by atoms with Crippen molar-refractivity contribution >= 4 is 17.3 Å². The summed E-state index contributed by atoms with van der Waals surface area (Å²) in [7, 11) is 0. The number of anilines is 2. The number of benzene rings is 3. The summed E-state index contributed by atoms with van der Waals surface area (Å²) in [6, 6.07) is 21.7. The molecule has 0 spiro atoms. The lowest BCUT2D eigenvalue weighted by Crippen LogP contribution is -2.13. The molecular formula is C22H18N2O2. The Balaban J connectivity index is 0.000000236. The summed E-state index contributed by atoms with van der Waals surface area (Å²) in [5.74, 6) is 2.29. The van der Waals surface area contributed by atoms with Gasteiger partial charge in [-0.2, -0.15) is 0 Å². The molecule has 0 bridgehead atoms. The molecular weight excluding hydrogens is 324 g/mol. The number of para-hydroxylation sites is 2. The molecule has 0 saturated heterocycles. The lowest BCUT2D eigenvalue weighted by molar-refractivity contribution is -0.116. The summed E-state index contributed by atoms with van der Waals surface area (Å²) in [6.07, 6.45) is 5.44. The Hall–Kier alpha value is -3.71. The van der Waals surface area contributed by atoms with Crippen molar-refractivity contribution in [2.75, 3.05) is 11.1 Å². The van der Waals surface area contributed by atoms with E-state index >= 15 is 0 Å². The van der Waals surface area contributed by atoms with Crippen molar-refractivity contribution in [1.82, 2.24) is 0 Å². The number of aromatic hydroxyl groups is 1. The second kappa shape index (κ2) is 7.45. The Kier molecular flexibility index (Phi) is 4.91. The van der Waals surface area contributed by atoms with Crippen LogP contribution in [0, 0.1) is 12.3 Å². The first-order chi connectivity index (χ1) is 12.6. The Bertz CT molecular complexity index is 958. The minimum atomic E-state index is -0.371. The van der Waals surface area contributed by atoms with Crippen molar-refractivity contribution in [1.29, 1.82) is 0 Å². The van der Waals surface area contributed by atoms with Crippen LogP contribution in [0.4, 0.5) is 11.4 Å². The molecule has 0 fully saturated rings. The molecule has 1 aliphatic rings. The van der Waals surface area contributed by atoms with E-state index in [-0.39, 0.29) is 17.6 Å². The number of phenols is 1. The molecule has 1 aliphatic heterocycles. The van der Waals surface area contributed by atoms with Crippen molar-refractivity contribution in [3.8, 4) is 18.1 Å². The van der Waals surface area contributed by atoms with Crippen molar-refractivity contribution in [3.05, 3.63) is 89.5 Å². The van der Waals surface area contributed by atoms with E-state index in [1.54, 1.807) is 30.3 Å². The third-order valence-electron chi connectivity index (χ3n) is 4.10. The average Bonchev–Trinajstić information content (AvgIpc) is 2.99. The molecule has 1 atom stereocenters. The lowest BCUT2D eigenvalue weighted by Gasteiger charge is -2.09. The van der Waals surface area contributed by atoms with Gasteiger partial charge in [-0.05, 0) is 41.5 Å². The highest BCUT2D eigenvalue weighted by Crippen LogP contribution is 2.39. The SMILES string of the molecule is C#Cc1cccc2c1NC(=O)C2c1ccc(O)cc1.Nc1ccccc1. The van der Waals surface area contributed by atoms with Gasteiger partial charge in [0.05, 0.1) is 11.6 Å². The van der Waals surface area contributed by atoms with E-state index in [1.807, 2.05) is 42.5 Å². The van der Waals surface area contributed by atoms with Crippen LogP contribution in [0.15, 0.2) is 72.8 Å². The molecule has 4 heteroatoms. The molecule has 4 rings (SSSR count). The number of carbonyl (C=O) groups is 1. The van der Waals surface area contributed by atoms with Crippen LogP contribution < -0.4 is 11.1 Å². The first-order valence-electron chi connectivity index (χ1n) is 8.10. The van der Waals surface area contributed by atoms with Gasteiger partial charge in [-0.25, -0.2) is 0 Å². The second-order valence-corrected chi connectivity index (χ2v) is 5.84. The molecule has 4 N–H and O–H groups in total. The number of amides is 1. The zero-order chi connectivity index (χ0) is 18.5. The summed E-state index contributed by atoms with van der Waals surface area (Å²) in [6.45, 7) is 0. The zero-order valence-corrected chi connectivity index (χ0v) is 14.0. The van der Waals surface area contributed by atoms with E-state index in [0.717, 1.165) is 16.8 Å². The number of hydrogen-bond donors (Lipinski definition) is 3. The normalized spacial score (nSPS) is 14.4. The van der Waals surface area contributed by atoms with Gasteiger partial charge in [-0.3, -0.25) is 4.79 Å². The van der Waals surface area contributed by atoms with Crippen molar-refractivity contribution < 1.29 is 9.90 Å². The maximum atomic E-state index is 12.1. The van der Waals surface area contributed by atoms with Gasteiger partial charge in [0.15, 0.2) is 0 Å². The maximum absolute atomic E-state index is 12.1. The molecule has 1 heterocycles. The van der Waals surface area contributed by atoms with E-state index < -0.39 is 0 Å². The molecule has 1 amide bonds. The number of phenolic OH excluding ortho intramolecular Hbond substituents is 1. The van der Waals surface area contributed by atoms with Gasteiger partial charge in [0.25, 0.3) is 0 Å². The molecule has 3 aromatic carbocycles. The van der Waals surface area contributed by atoms with Gasteiger partial charge in [0.2, 0.25) is 5.91 Å². The van der Waals surface area contributed by atoms with Crippen molar-refractivity contribution in [2.24, 2.45) is 0 Å². The quantitative estimate of drug-likeness (QED) is 0.466. The molecule has 0 aromatic heterocycles. The second-order valence-electron chi connectivity index (χ2n) is 5.84. The number of rotatable bonds is 1. The highest BCUT2D eigenvalue weighted by Gasteiger charge is 2.32. The zero-order valence-electron chi connectivity index (χ0n) is 14.0. The van der Waals surface area contributed by atoms with Gasteiger partial charge in [-0.1, -0.05) is 48.4 Å². The van der Waals surface area contributed by atoms with E-state index in [9.17, 15) is 9.90 Å². The van der Waals surface area contributed by atoms with E-state index in [0.29, 0.717) is 11.3 Å². The molecule has 0 radical (unpaired) electrons. The van der Waals surface area contributed by atoms with E-state index in [1.165, 1.54) is 0 Å². The predicted octanol–water partition coefficient (Wildman–Crippen LogP) is 3.73. The van der Waals surface area contributed by atoms with Gasteiger partial charge in [0, 0.05) is 11.3 Å². The third-order valence-corrected chi connectivity index (χ3v) is 4.10. The predicted molar refractivity (Wildman–Crippen MR) is 104 cm³/mol. The number of hydrogen-bond acceptors (Lipinski definition) is 3. The van der Waals surface area contributed by atoms with E-state index in [4.69, 9.17) is 12.2 Å².